The number of aromatic nitrogens is 4. The van der Waals surface area contributed by atoms with Gasteiger partial charge in [0.15, 0.2) is 12.2 Å². The Balaban J connectivity index is 0.000000221. The summed E-state index contributed by atoms with van der Waals surface area (Å²) in [4.78, 5) is 9.18. The van der Waals surface area contributed by atoms with E-state index in [1.807, 2.05) is 9.13 Å². The van der Waals surface area contributed by atoms with Crippen LogP contribution in [0.25, 0.3) is 22.1 Å². The molecule has 8 rings (SSSR count). The summed E-state index contributed by atoms with van der Waals surface area (Å²) < 4.78 is 167. The molecule has 2 fully saturated rings. The Bertz CT molecular complexity index is 2790. The number of anilines is 4. The maximum absolute atomic E-state index is 13.3. The van der Waals surface area contributed by atoms with Crippen LogP contribution >= 0.6 is 0 Å². The summed E-state index contributed by atoms with van der Waals surface area (Å²) in [6.45, 7) is 20.4. The van der Waals surface area contributed by atoms with Crippen LogP contribution in [-0.2, 0) is 0 Å². The molecule has 0 saturated heterocycles. The largest absolute Gasteiger partial charge is 0.573 e. The Hall–Kier alpha value is -5.90. The standard InChI is InChI=1S/2C27H31F6N3O2/c2*1-15-10-21-20(11-19(15)22(37)26(28,29)30)35-23(34-16-6-8-18(9-7-16)38-27(31,32)33)36(21)17-12-24(2,3)14-25(4,5)13-17/h2*6-11,17,22,37H,12-14H2,1-5H3,(H,34,35)/t2*22-/m10/s1. The van der Waals surface area contributed by atoms with Gasteiger partial charge in [0.05, 0.1) is 22.1 Å². The van der Waals surface area contributed by atoms with E-state index in [-0.39, 0.29) is 78.5 Å². The van der Waals surface area contributed by atoms with E-state index < -0.39 is 37.3 Å². The quantitative estimate of drug-likeness (QED) is 0.100. The maximum atomic E-state index is 13.3. The summed E-state index contributed by atoms with van der Waals surface area (Å²) in [5, 5.41) is 26.1. The lowest BCUT2D eigenvalue weighted by Crippen LogP contribution is -2.35. The van der Waals surface area contributed by atoms with Crippen molar-refractivity contribution in [1.29, 1.82) is 0 Å². The number of aryl methyl sites for hydroxylation is 2. The molecule has 22 heteroatoms. The molecule has 2 aliphatic carbocycles. The van der Waals surface area contributed by atoms with Gasteiger partial charge in [-0.2, -0.15) is 26.3 Å². The Labute approximate surface area is 431 Å². The van der Waals surface area contributed by atoms with Crippen molar-refractivity contribution in [3.63, 3.8) is 0 Å². The van der Waals surface area contributed by atoms with Gasteiger partial charge >= 0.3 is 25.1 Å². The monoisotopic (exact) mass is 1090 g/mol. The highest BCUT2D eigenvalue weighted by molar-refractivity contribution is 5.83. The molecule has 0 spiro atoms. The highest BCUT2D eigenvalue weighted by Crippen LogP contribution is 2.53. The SMILES string of the molecule is Cc1cc2c(cc1[C@@H](O)C(F)(F)F)nc(Nc1ccc(OC(F)(F)F)cc1)n2C1CC(C)(C)CC(C)(C)C1.Cc1cc2c(cc1[C@H](O)C(F)(F)F)nc(Nc1ccc(OC(F)(F)F)cc1)n2C1CC(C)(C)CC(C)(C)C1. The van der Waals surface area contributed by atoms with Gasteiger partial charge in [-0.05, 0) is 169 Å². The van der Waals surface area contributed by atoms with Crippen LogP contribution in [-0.4, -0.2) is 54.4 Å². The van der Waals surface area contributed by atoms with Crippen molar-refractivity contribution in [2.45, 2.75) is 157 Å². The van der Waals surface area contributed by atoms with E-state index in [1.165, 1.54) is 50.2 Å². The number of halogens is 12. The number of ether oxygens (including phenoxy) is 2. The van der Waals surface area contributed by atoms with E-state index in [0.717, 1.165) is 62.8 Å². The molecule has 2 heterocycles. The van der Waals surface area contributed by atoms with Crippen LogP contribution in [0.3, 0.4) is 0 Å². The second-order valence-electron chi connectivity index (χ2n) is 23.4. The number of aliphatic hydroxyl groups excluding tert-OH is 2. The Morgan fingerprint density at radius 1 is 0.500 bits per heavy atom. The third-order valence-electron chi connectivity index (χ3n) is 13.8. The molecule has 76 heavy (non-hydrogen) atoms. The van der Waals surface area contributed by atoms with E-state index in [0.29, 0.717) is 34.3 Å². The molecule has 2 aromatic heterocycles. The van der Waals surface area contributed by atoms with Gasteiger partial charge in [0.2, 0.25) is 11.9 Å². The summed E-state index contributed by atoms with van der Waals surface area (Å²) in [7, 11) is 0. The molecule has 0 aliphatic heterocycles. The highest BCUT2D eigenvalue weighted by atomic mass is 19.4. The van der Waals surface area contributed by atoms with Gasteiger partial charge in [-0.3, -0.25) is 0 Å². The second-order valence-corrected chi connectivity index (χ2v) is 23.4. The molecule has 0 amide bonds. The fourth-order valence-electron chi connectivity index (χ4n) is 12.1. The molecule has 6 aromatic rings. The molecule has 0 radical (unpaired) electrons. The molecule has 4 N–H and O–H groups in total. The lowest BCUT2D eigenvalue weighted by molar-refractivity contribution is -0.275. The van der Waals surface area contributed by atoms with E-state index >= 15 is 0 Å². The summed E-state index contributed by atoms with van der Waals surface area (Å²) in [5.41, 5.74) is 2.55. The van der Waals surface area contributed by atoms with Crippen molar-refractivity contribution in [3.05, 3.63) is 95.1 Å². The van der Waals surface area contributed by atoms with Gasteiger partial charge in [0, 0.05) is 23.5 Å². The maximum Gasteiger partial charge on any atom is 0.573 e. The zero-order valence-corrected chi connectivity index (χ0v) is 43.5. The third-order valence-corrected chi connectivity index (χ3v) is 13.8. The summed E-state index contributed by atoms with van der Waals surface area (Å²) in [6.07, 6.45) is -19.5. The van der Waals surface area contributed by atoms with Crippen molar-refractivity contribution in [1.82, 2.24) is 19.1 Å². The zero-order chi connectivity index (χ0) is 56.5. The normalized spacial score (nSPS) is 18.9. The van der Waals surface area contributed by atoms with Crippen LogP contribution in [0.1, 0.15) is 140 Å². The number of fused-ring (bicyclic) bond motifs is 2. The van der Waals surface area contributed by atoms with Crippen molar-refractivity contribution in [2.75, 3.05) is 10.6 Å². The van der Waals surface area contributed by atoms with Crippen LogP contribution in [0.5, 0.6) is 11.5 Å². The first-order chi connectivity index (χ1) is 34.7. The van der Waals surface area contributed by atoms with Crippen molar-refractivity contribution in [3.8, 4) is 11.5 Å². The lowest BCUT2D eigenvalue weighted by Gasteiger charge is -2.45. The molecular formula is C54H62F12N6O4. The van der Waals surface area contributed by atoms with Crippen LogP contribution in [0, 0.1) is 35.5 Å². The average Bonchev–Trinajstić information content (AvgIpc) is 3.76. The molecule has 0 unspecified atom stereocenters. The van der Waals surface area contributed by atoms with Crippen LogP contribution in [0.2, 0.25) is 0 Å². The number of hydrogen-bond donors (Lipinski definition) is 4. The minimum Gasteiger partial charge on any atom is -0.406 e. The Morgan fingerprint density at radius 2 is 0.789 bits per heavy atom. The zero-order valence-electron chi connectivity index (χ0n) is 43.5. The molecule has 0 bridgehead atoms. The summed E-state index contributed by atoms with van der Waals surface area (Å²) in [6, 6.07) is 15.9. The summed E-state index contributed by atoms with van der Waals surface area (Å²) >= 11 is 0. The predicted octanol–water partition coefficient (Wildman–Crippen LogP) is 16.7. The van der Waals surface area contributed by atoms with E-state index in [1.54, 1.807) is 12.1 Å². The van der Waals surface area contributed by atoms with Crippen LogP contribution < -0.4 is 20.1 Å². The molecule has 4 aromatic carbocycles. The smallest absolute Gasteiger partial charge is 0.406 e. The van der Waals surface area contributed by atoms with Crippen LogP contribution in [0.15, 0.2) is 72.8 Å². The fourth-order valence-corrected chi connectivity index (χ4v) is 12.1. The fraction of sp³-hybridized carbons (Fsp3) is 0.519. The van der Waals surface area contributed by atoms with Gasteiger partial charge in [0.1, 0.15) is 11.5 Å². The third kappa shape index (κ3) is 14.0. The molecule has 2 aliphatic rings. The molecule has 416 valence electrons. The average molecular weight is 1090 g/mol. The number of benzene rings is 4. The molecule has 2 saturated carbocycles. The van der Waals surface area contributed by atoms with Crippen molar-refractivity contribution in [2.24, 2.45) is 21.7 Å². The first-order valence-corrected chi connectivity index (χ1v) is 24.5. The second kappa shape index (κ2) is 20.2. The van der Waals surface area contributed by atoms with Crippen LogP contribution in [0.4, 0.5) is 76.0 Å². The number of nitrogens with one attached hydrogen (secondary N) is 2. The summed E-state index contributed by atoms with van der Waals surface area (Å²) in [5.74, 6) is -0.0652. The van der Waals surface area contributed by atoms with Gasteiger partial charge in [-0.25, -0.2) is 9.97 Å². The predicted molar refractivity (Wildman–Crippen MR) is 265 cm³/mol. The first-order valence-electron chi connectivity index (χ1n) is 24.5. The lowest BCUT2D eigenvalue weighted by atomic mass is 9.63. The number of aliphatic hydroxyl groups is 2. The van der Waals surface area contributed by atoms with E-state index in [4.69, 9.17) is 0 Å². The van der Waals surface area contributed by atoms with Gasteiger partial charge in [-0.1, -0.05) is 55.4 Å². The number of imidazole rings is 2. The van der Waals surface area contributed by atoms with E-state index in [9.17, 15) is 62.9 Å². The Kier molecular flexibility index (Phi) is 15.3. The molecular weight excluding hydrogens is 1020 g/mol. The van der Waals surface area contributed by atoms with Gasteiger partial charge < -0.3 is 39.5 Å². The molecule has 10 nitrogen and oxygen atoms in total. The first kappa shape index (κ1) is 57.8. The number of rotatable bonds is 10. The number of nitrogens with zero attached hydrogens (tertiary/aromatic N) is 4. The number of alkyl halides is 12. The van der Waals surface area contributed by atoms with E-state index in [2.05, 4.69) is 85.5 Å². The number of hydrogen-bond acceptors (Lipinski definition) is 8. The highest BCUT2D eigenvalue weighted by Gasteiger charge is 2.45. The van der Waals surface area contributed by atoms with Crippen molar-refractivity contribution < 1.29 is 72.4 Å². The minimum absolute atomic E-state index is 0.0155. The van der Waals surface area contributed by atoms with Gasteiger partial charge in [0.25, 0.3) is 0 Å². The minimum atomic E-state index is -4.83. The molecule has 2 atom stereocenters. The van der Waals surface area contributed by atoms with Gasteiger partial charge in [-0.15, -0.1) is 26.3 Å². The Morgan fingerprint density at radius 3 is 1.05 bits per heavy atom. The van der Waals surface area contributed by atoms with Crippen molar-refractivity contribution >= 4 is 45.3 Å². The topological polar surface area (TPSA) is 119 Å².